The van der Waals surface area contributed by atoms with E-state index in [9.17, 15) is 9.59 Å². The molecule has 0 aromatic heterocycles. The van der Waals surface area contributed by atoms with Crippen LogP contribution >= 0.6 is 23.2 Å². The average molecular weight is 436 g/mol. The molecule has 2 aromatic rings. The van der Waals surface area contributed by atoms with Crippen molar-refractivity contribution >= 4 is 40.7 Å². The molecule has 8 heteroatoms. The van der Waals surface area contributed by atoms with Gasteiger partial charge in [-0.1, -0.05) is 29.3 Å². The number of nitrogens with one attached hydrogen (secondary N) is 1. The molecule has 3 rings (SSSR count). The Balaban J connectivity index is 1.55. The highest BCUT2D eigenvalue weighted by Gasteiger charge is 2.28. The summed E-state index contributed by atoms with van der Waals surface area (Å²) >= 11 is 12.1. The van der Waals surface area contributed by atoms with E-state index >= 15 is 0 Å². The maximum absolute atomic E-state index is 12.6. The summed E-state index contributed by atoms with van der Waals surface area (Å²) in [6.07, 6.45) is 0. The van der Waals surface area contributed by atoms with Crippen molar-refractivity contribution in [2.75, 3.05) is 38.6 Å². The summed E-state index contributed by atoms with van der Waals surface area (Å²) in [4.78, 5) is 29.1. The predicted octanol–water partition coefficient (Wildman–Crippen LogP) is 3.79. The Morgan fingerprint density at radius 3 is 2.41 bits per heavy atom. The van der Waals surface area contributed by atoms with Gasteiger partial charge in [0.05, 0.1) is 18.2 Å². The lowest BCUT2D eigenvalue weighted by Crippen LogP contribution is -2.54. The molecule has 1 aliphatic heterocycles. The van der Waals surface area contributed by atoms with Gasteiger partial charge in [0.25, 0.3) is 5.91 Å². The van der Waals surface area contributed by atoms with Gasteiger partial charge in [0.2, 0.25) is 5.91 Å². The first-order valence-electron chi connectivity index (χ1n) is 9.32. The summed E-state index contributed by atoms with van der Waals surface area (Å²) in [6, 6.07) is 11.7. The van der Waals surface area contributed by atoms with Crippen LogP contribution < -0.4 is 10.1 Å². The molecule has 0 spiro atoms. The highest BCUT2D eigenvalue weighted by Crippen LogP contribution is 2.27. The minimum atomic E-state index is -0.334. The number of carbonyl (C=O) groups is 2. The van der Waals surface area contributed by atoms with Crippen LogP contribution in [0.1, 0.15) is 17.3 Å². The molecule has 2 amide bonds. The van der Waals surface area contributed by atoms with Gasteiger partial charge < -0.3 is 15.0 Å². The van der Waals surface area contributed by atoms with Crippen molar-refractivity contribution in [3.63, 3.8) is 0 Å². The van der Waals surface area contributed by atoms with E-state index in [4.69, 9.17) is 27.9 Å². The van der Waals surface area contributed by atoms with Gasteiger partial charge in [-0.05, 0) is 43.3 Å². The van der Waals surface area contributed by atoms with E-state index in [2.05, 4.69) is 10.2 Å². The molecule has 1 fully saturated rings. The monoisotopic (exact) mass is 435 g/mol. The molecule has 1 unspecified atom stereocenters. The second kappa shape index (κ2) is 9.48. The van der Waals surface area contributed by atoms with Gasteiger partial charge in [0.15, 0.2) is 0 Å². The number of hydrogen-bond acceptors (Lipinski definition) is 4. The van der Waals surface area contributed by atoms with Gasteiger partial charge in [-0.15, -0.1) is 0 Å². The van der Waals surface area contributed by atoms with Crippen molar-refractivity contribution in [3.8, 4) is 5.75 Å². The van der Waals surface area contributed by atoms with Gasteiger partial charge in [-0.25, -0.2) is 0 Å². The number of rotatable bonds is 5. The molecular formula is C21H23Cl2N3O3. The Hall–Kier alpha value is -2.28. The molecule has 1 atom stereocenters. The SMILES string of the molecule is COc1ccc(NC(=O)C(C)N2CCN(C(=O)c3cccc(Cl)c3)CC2)cc1Cl. The van der Waals surface area contributed by atoms with Crippen molar-refractivity contribution in [1.82, 2.24) is 9.80 Å². The Bertz CT molecular complexity index is 898. The number of piperazine rings is 1. The van der Waals surface area contributed by atoms with E-state index in [0.717, 1.165) is 0 Å². The van der Waals surface area contributed by atoms with E-state index < -0.39 is 0 Å². The molecule has 0 bridgehead atoms. The fraction of sp³-hybridized carbons (Fsp3) is 0.333. The molecule has 0 radical (unpaired) electrons. The van der Waals surface area contributed by atoms with Crippen molar-refractivity contribution in [2.45, 2.75) is 13.0 Å². The number of carbonyl (C=O) groups excluding carboxylic acids is 2. The van der Waals surface area contributed by atoms with Crippen molar-refractivity contribution in [1.29, 1.82) is 0 Å². The number of methoxy groups -OCH3 is 1. The predicted molar refractivity (Wildman–Crippen MR) is 115 cm³/mol. The van der Waals surface area contributed by atoms with Crippen molar-refractivity contribution in [3.05, 3.63) is 58.1 Å². The lowest BCUT2D eigenvalue weighted by molar-refractivity contribution is -0.121. The van der Waals surface area contributed by atoms with E-state index in [1.54, 1.807) is 47.4 Å². The summed E-state index contributed by atoms with van der Waals surface area (Å²) in [5, 5.41) is 3.86. The zero-order valence-corrected chi connectivity index (χ0v) is 17.8. The van der Waals surface area contributed by atoms with Crippen molar-refractivity contribution < 1.29 is 14.3 Å². The second-order valence-electron chi connectivity index (χ2n) is 6.85. The lowest BCUT2D eigenvalue weighted by Gasteiger charge is -2.37. The van der Waals surface area contributed by atoms with Gasteiger partial charge in [-0.2, -0.15) is 0 Å². The highest BCUT2D eigenvalue weighted by atomic mass is 35.5. The normalized spacial score (nSPS) is 15.7. The molecule has 0 aliphatic carbocycles. The number of hydrogen-bond donors (Lipinski definition) is 1. The quantitative estimate of drug-likeness (QED) is 0.775. The Labute approximate surface area is 180 Å². The topological polar surface area (TPSA) is 61.9 Å². The maximum atomic E-state index is 12.6. The molecule has 1 saturated heterocycles. The number of anilines is 1. The maximum Gasteiger partial charge on any atom is 0.253 e. The van der Waals surface area contributed by atoms with Crippen LogP contribution in [0.5, 0.6) is 5.75 Å². The van der Waals surface area contributed by atoms with Crippen LogP contribution in [-0.2, 0) is 4.79 Å². The molecule has 2 aromatic carbocycles. The van der Waals surface area contributed by atoms with Crippen LogP contribution in [0.15, 0.2) is 42.5 Å². The fourth-order valence-electron chi connectivity index (χ4n) is 3.27. The average Bonchev–Trinajstić information content (AvgIpc) is 2.73. The molecule has 6 nitrogen and oxygen atoms in total. The minimum absolute atomic E-state index is 0.0443. The van der Waals surface area contributed by atoms with E-state index in [-0.39, 0.29) is 17.9 Å². The Morgan fingerprint density at radius 1 is 1.07 bits per heavy atom. The molecule has 1 heterocycles. The van der Waals surface area contributed by atoms with Gasteiger partial charge >= 0.3 is 0 Å². The summed E-state index contributed by atoms with van der Waals surface area (Å²) in [6.45, 7) is 4.19. The summed E-state index contributed by atoms with van der Waals surface area (Å²) < 4.78 is 5.12. The van der Waals surface area contributed by atoms with Crippen LogP contribution in [0.2, 0.25) is 10.0 Å². The Morgan fingerprint density at radius 2 is 1.79 bits per heavy atom. The van der Waals surface area contributed by atoms with Gasteiger partial charge in [-0.3, -0.25) is 14.5 Å². The largest absolute Gasteiger partial charge is 0.495 e. The van der Waals surface area contributed by atoms with Crippen LogP contribution in [-0.4, -0.2) is 60.9 Å². The van der Waals surface area contributed by atoms with Crippen LogP contribution in [0.3, 0.4) is 0 Å². The van der Waals surface area contributed by atoms with Gasteiger partial charge in [0.1, 0.15) is 5.75 Å². The number of amides is 2. The van der Waals surface area contributed by atoms with E-state index in [1.165, 1.54) is 7.11 Å². The number of ether oxygens (including phenoxy) is 1. The minimum Gasteiger partial charge on any atom is -0.495 e. The third kappa shape index (κ3) is 5.21. The molecule has 0 saturated carbocycles. The molecule has 1 aliphatic rings. The van der Waals surface area contributed by atoms with Gasteiger partial charge in [0, 0.05) is 42.5 Å². The lowest BCUT2D eigenvalue weighted by atomic mass is 10.1. The smallest absolute Gasteiger partial charge is 0.253 e. The van der Waals surface area contributed by atoms with Crippen LogP contribution in [0, 0.1) is 0 Å². The second-order valence-corrected chi connectivity index (χ2v) is 7.70. The summed E-state index contributed by atoms with van der Waals surface area (Å²) in [5.41, 5.74) is 1.19. The van der Waals surface area contributed by atoms with Crippen LogP contribution in [0.4, 0.5) is 5.69 Å². The first-order valence-corrected chi connectivity index (χ1v) is 10.1. The molecule has 154 valence electrons. The zero-order chi connectivity index (χ0) is 21.0. The molecular weight excluding hydrogens is 413 g/mol. The standard InChI is InChI=1S/C21H23Cl2N3O3/c1-14(20(27)24-17-6-7-19(29-2)18(23)13-17)25-8-10-26(11-9-25)21(28)15-4-3-5-16(22)12-15/h3-7,12-14H,8-11H2,1-2H3,(H,24,27). The summed E-state index contributed by atoms with van der Waals surface area (Å²) in [7, 11) is 1.54. The number of halogens is 2. The third-order valence-electron chi connectivity index (χ3n) is 5.02. The first kappa shape index (κ1) is 21.4. The van der Waals surface area contributed by atoms with E-state index in [0.29, 0.717) is 53.2 Å². The molecule has 1 N–H and O–H groups in total. The summed E-state index contributed by atoms with van der Waals surface area (Å²) in [5.74, 6) is 0.385. The van der Waals surface area contributed by atoms with Crippen molar-refractivity contribution in [2.24, 2.45) is 0 Å². The number of nitrogens with zero attached hydrogens (tertiary/aromatic N) is 2. The van der Waals surface area contributed by atoms with Crippen LogP contribution in [0.25, 0.3) is 0 Å². The highest BCUT2D eigenvalue weighted by molar-refractivity contribution is 6.32. The first-order chi connectivity index (χ1) is 13.9. The number of benzene rings is 2. The third-order valence-corrected chi connectivity index (χ3v) is 5.55. The fourth-order valence-corrected chi connectivity index (χ4v) is 3.72. The molecule has 29 heavy (non-hydrogen) atoms. The zero-order valence-electron chi connectivity index (χ0n) is 16.3. The Kier molecular flexibility index (Phi) is 7.00. The van der Waals surface area contributed by atoms with E-state index in [1.807, 2.05) is 6.92 Å².